The van der Waals surface area contributed by atoms with Gasteiger partial charge in [-0.2, -0.15) is 0 Å². The van der Waals surface area contributed by atoms with Gasteiger partial charge in [0, 0.05) is 35.9 Å². The van der Waals surface area contributed by atoms with Crippen LogP contribution in [0.25, 0.3) is 0 Å². The minimum absolute atomic E-state index is 0.391. The average molecular weight is 413 g/mol. The zero-order valence-electron chi connectivity index (χ0n) is 16.4. The molecule has 2 aromatic carbocycles. The summed E-state index contributed by atoms with van der Waals surface area (Å²) < 4.78 is 17.3. The minimum Gasteiger partial charge on any atom is -0.490 e. The van der Waals surface area contributed by atoms with Crippen LogP contribution in [0.1, 0.15) is 18.1 Å². The van der Waals surface area contributed by atoms with E-state index in [0.717, 1.165) is 16.9 Å². The van der Waals surface area contributed by atoms with Crippen molar-refractivity contribution < 1.29 is 14.2 Å². The summed E-state index contributed by atoms with van der Waals surface area (Å²) >= 11 is 6.20. The molecule has 5 nitrogen and oxygen atoms in total. The number of pyridine rings is 1. The monoisotopic (exact) mass is 412 g/mol. The third kappa shape index (κ3) is 6.66. The molecule has 0 aliphatic rings. The summed E-state index contributed by atoms with van der Waals surface area (Å²) in [6, 6.07) is 19.2. The van der Waals surface area contributed by atoms with Gasteiger partial charge in [0.2, 0.25) is 5.88 Å². The Labute approximate surface area is 176 Å². The van der Waals surface area contributed by atoms with Gasteiger partial charge in [-0.3, -0.25) is 0 Å². The number of nitrogens with one attached hydrogen (secondary N) is 1. The topological polar surface area (TPSA) is 52.6 Å². The lowest BCUT2D eigenvalue weighted by atomic mass is 10.2. The van der Waals surface area contributed by atoms with Gasteiger partial charge in [-0.05, 0) is 36.8 Å². The van der Waals surface area contributed by atoms with Crippen LogP contribution in [0.4, 0.5) is 0 Å². The number of nitrogens with zero attached hydrogens (tertiary/aromatic N) is 1. The Morgan fingerprint density at radius 2 is 1.79 bits per heavy atom. The third-order valence-electron chi connectivity index (χ3n) is 4.14. The molecule has 0 spiro atoms. The van der Waals surface area contributed by atoms with Gasteiger partial charge in [0.1, 0.15) is 13.2 Å². The standard InChI is InChI=1S/C23H25ClN2O3/c1-2-27-22-15-18(16-25-13-14-28-23-9-5-6-12-26-23)10-11-21(22)29-17-19-7-3-4-8-20(19)24/h3-12,15,25H,2,13-14,16-17H2,1H3. The van der Waals surface area contributed by atoms with Crippen molar-refractivity contribution in [2.24, 2.45) is 0 Å². The maximum absolute atomic E-state index is 6.20. The number of rotatable bonds is 11. The molecule has 1 aromatic heterocycles. The van der Waals surface area contributed by atoms with E-state index in [1.165, 1.54) is 0 Å². The van der Waals surface area contributed by atoms with E-state index in [-0.39, 0.29) is 0 Å². The third-order valence-corrected chi connectivity index (χ3v) is 4.51. The van der Waals surface area contributed by atoms with E-state index < -0.39 is 0 Å². The first-order valence-electron chi connectivity index (χ1n) is 9.62. The first-order chi connectivity index (χ1) is 14.3. The van der Waals surface area contributed by atoms with Gasteiger partial charge in [0.05, 0.1) is 6.61 Å². The highest BCUT2D eigenvalue weighted by Crippen LogP contribution is 2.30. The molecule has 3 aromatic rings. The molecule has 0 radical (unpaired) electrons. The Kier molecular flexibility index (Phi) is 8.16. The molecule has 6 heteroatoms. The second-order valence-corrected chi connectivity index (χ2v) is 6.69. The largest absolute Gasteiger partial charge is 0.490 e. The van der Waals surface area contributed by atoms with Crippen LogP contribution < -0.4 is 19.5 Å². The molecular formula is C23H25ClN2O3. The van der Waals surface area contributed by atoms with Crippen molar-refractivity contribution in [3.05, 3.63) is 83.0 Å². The van der Waals surface area contributed by atoms with Crippen LogP contribution in [0.2, 0.25) is 5.02 Å². The molecule has 0 aliphatic carbocycles. The fourth-order valence-electron chi connectivity index (χ4n) is 2.71. The first kappa shape index (κ1) is 21.0. The summed E-state index contributed by atoms with van der Waals surface area (Å²) in [6.07, 6.45) is 1.72. The number of ether oxygens (including phenoxy) is 3. The molecule has 0 saturated heterocycles. The first-order valence-corrected chi connectivity index (χ1v) is 10.0. The molecule has 0 fully saturated rings. The molecule has 152 valence electrons. The number of halogens is 1. The molecule has 1 N–H and O–H groups in total. The van der Waals surface area contributed by atoms with Crippen LogP contribution in [0.3, 0.4) is 0 Å². The molecular weight excluding hydrogens is 388 g/mol. The van der Waals surface area contributed by atoms with Crippen molar-refractivity contribution in [2.45, 2.75) is 20.1 Å². The maximum atomic E-state index is 6.20. The van der Waals surface area contributed by atoms with Crippen LogP contribution in [0.5, 0.6) is 17.4 Å². The van der Waals surface area contributed by atoms with E-state index >= 15 is 0 Å². The van der Waals surface area contributed by atoms with Crippen molar-refractivity contribution in [3.8, 4) is 17.4 Å². The van der Waals surface area contributed by atoms with E-state index in [2.05, 4.69) is 10.3 Å². The van der Waals surface area contributed by atoms with E-state index in [1.54, 1.807) is 6.20 Å². The van der Waals surface area contributed by atoms with E-state index in [0.29, 0.717) is 49.6 Å². The second kappa shape index (κ2) is 11.3. The summed E-state index contributed by atoms with van der Waals surface area (Å²) in [5.74, 6) is 2.06. The van der Waals surface area contributed by atoms with Crippen molar-refractivity contribution in [1.82, 2.24) is 10.3 Å². The molecule has 0 unspecified atom stereocenters. The summed E-state index contributed by atoms with van der Waals surface area (Å²) in [6.45, 7) is 4.88. The fraction of sp³-hybridized carbons (Fsp3) is 0.261. The van der Waals surface area contributed by atoms with Crippen LogP contribution in [-0.2, 0) is 13.2 Å². The van der Waals surface area contributed by atoms with Gasteiger partial charge in [0.25, 0.3) is 0 Å². The SMILES string of the molecule is CCOc1cc(CNCCOc2ccccn2)ccc1OCc1ccccc1Cl. The van der Waals surface area contributed by atoms with Gasteiger partial charge < -0.3 is 19.5 Å². The molecule has 0 atom stereocenters. The van der Waals surface area contributed by atoms with Crippen molar-refractivity contribution in [2.75, 3.05) is 19.8 Å². The zero-order valence-corrected chi connectivity index (χ0v) is 17.2. The number of hydrogen-bond acceptors (Lipinski definition) is 5. The molecule has 1 heterocycles. The Morgan fingerprint density at radius 3 is 2.59 bits per heavy atom. The molecule has 0 saturated carbocycles. The van der Waals surface area contributed by atoms with Gasteiger partial charge in [-0.15, -0.1) is 0 Å². The smallest absolute Gasteiger partial charge is 0.213 e. The average Bonchev–Trinajstić information content (AvgIpc) is 2.75. The fourth-order valence-corrected chi connectivity index (χ4v) is 2.90. The lowest BCUT2D eigenvalue weighted by Gasteiger charge is -2.14. The normalized spacial score (nSPS) is 10.6. The molecule has 0 bridgehead atoms. The minimum atomic E-state index is 0.391. The number of hydrogen-bond donors (Lipinski definition) is 1. The molecule has 0 amide bonds. The zero-order chi connectivity index (χ0) is 20.3. The number of aromatic nitrogens is 1. The van der Waals surface area contributed by atoms with Crippen LogP contribution in [-0.4, -0.2) is 24.7 Å². The summed E-state index contributed by atoms with van der Waals surface area (Å²) in [7, 11) is 0. The molecule has 29 heavy (non-hydrogen) atoms. The quantitative estimate of drug-likeness (QED) is 0.455. The van der Waals surface area contributed by atoms with E-state index in [1.807, 2.05) is 67.6 Å². The van der Waals surface area contributed by atoms with Gasteiger partial charge in [0.15, 0.2) is 11.5 Å². The van der Waals surface area contributed by atoms with Gasteiger partial charge in [-0.25, -0.2) is 4.98 Å². The number of benzene rings is 2. The lowest BCUT2D eigenvalue weighted by molar-refractivity contribution is 0.269. The Bertz CT molecular complexity index is 890. The Balaban J connectivity index is 1.51. The molecule has 3 rings (SSSR count). The summed E-state index contributed by atoms with van der Waals surface area (Å²) in [4.78, 5) is 4.13. The summed E-state index contributed by atoms with van der Waals surface area (Å²) in [5.41, 5.74) is 2.05. The second-order valence-electron chi connectivity index (χ2n) is 6.29. The Hall–Kier alpha value is -2.76. The highest BCUT2D eigenvalue weighted by Gasteiger charge is 2.08. The predicted octanol–water partition coefficient (Wildman–Crippen LogP) is 4.88. The highest BCUT2D eigenvalue weighted by molar-refractivity contribution is 6.31. The lowest BCUT2D eigenvalue weighted by Crippen LogP contribution is -2.20. The van der Waals surface area contributed by atoms with Crippen LogP contribution in [0.15, 0.2) is 66.9 Å². The predicted molar refractivity (Wildman–Crippen MR) is 115 cm³/mol. The molecule has 0 aliphatic heterocycles. The van der Waals surface area contributed by atoms with Gasteiger partial charge >= 0.3 is 0 Å². The van der Waals surface area contributed by atoms with E-state index in [9.17, 15) is 0 Å². The van der Waals surface area contributed by atoms with Crippen molar-refractivity contribution in [1.29, 1.82) is 0 Å². The van der Waals surface area contributed by atoms with Crippen LogP contribution >= 0.6 is 11.6 Å². The van der Waals surface area contributed by atoms with E-state index in [4.69, 9.17) is 25.8 Å². The maximum Gasteiger partial charge on any atom is 0.213 e. The van der Waals surface area contributed by atoms with Gasteiger partial charge in [-0.1, -0.05) is 41.9 Å². The van der Waals surface area contributed by atoms with Crippen LogP contribution in [0, 0.1) is 0 Å². The van der Waals surface area contributed by atoms with Crippen molar-refractivity contribution in [3.63, 3.8) is 0 Å². The Morgan fingerprint density at radius 1 is 0.931 bits per heavy atom. The highest BCUT2D eigenvalue weighted by atomic mass is 35.5. The summed E-state index contributed by atoms with van der Waals surface area (Å²) in [5, 5.41) is 4.05. The van der Waals surface area contributed by atoms with Crippen molar-refractivity contribution >= 4 is 11.6 Å².